The third-order valence-electron chi connectivity index (χ3n) is 4.18. The SMILES string of the molecule is Cc1ccc(-c2nc3ccc(NC(=O)[C@H]4CCCO4)cc3o2)cc1. The molecular formula is C19H18N2O3. The molecule has 0 unspecified atom stereocenters. The summed E-state index contributed by atoms with van der Waals surface area (Å²) < 4.78 is 11.2. The van der Waals surface area contributed by atoms with Gasteiger partial charge in [0, 0.05) is 23.9 Å². The minimum atomic E-state index is -0.349. The molecule has 1 aromatic heterocycles. The summed E-state index contributed by atoms with van der Waals surface area (Å²) in [6.45, 7) is 2.69. The molecule has 1 amide bonds. The summed E-state index contributed by atoms with van der Waals surface area (Å²) >= 11 is 0. The minimum absolute atomic E-state index is 0.106. The van der Waals surface area contributed by atoms with Gasteiger partial charge < -0.3 is 14.5 Å². The Labute approximate surface area is 139 Å². The molecule has 1 fully saturated rings. The maximum atomic E-state index is 12.1. The number of hydrogen-bond donors (Lipinski definition) is 1. The molecule has 2 heterocycles. The summed E-state index contributed by atoms with van der Waals surface area (Å²) in [6, 6.07) is 13.5. The minimum Gasteiger partial charge on any atom is -0.436 e. The molecule has 1 aliphatic rings. The first kappa shape index (κ1) is 14.9. The number of amides is 1. The molecule has 5 nitrogen and oxygen atoms in total. The Morgan fingerprint density at radius 2 is 2.04 bits per heavy atom. The molecule has 0 bridgehead atoms. The lowest BCUT2D eigenvalue weighted by molar-refractivity contribution is -0.124. The van der Waals surface area contributed by atoms with Gasteiger partial charge in [-0.2, -0.15) is 0 Å². The van der Waals surface area contributed by atoms with Crippen molar-refractivity contribution in [2.75, 3.05) is 11.9 Å². The van der Waals surface area contributed by atoms with Crippen LogP contribution in [0, 0.1) is 6.92 Å². The quantitative estimate of drug-likeness (QED) is 0.794. The highest BCUT2D eigenvalue weighted by atomic mass is 16.5. The van der Waals surface area contributed by atoms with Crippen LogP contribution >= 0.6 is 0 Å². The highest BCUT2D eigenvalue weighted by Crippen LogP contribution is 2.27. The molecule has 2 aromatic carbocycles. The van der Waals surface area contributed by atoms with E-state index in [0.29, 0.717) is 23.8 Å². The van der Waals surface area contributed by atoms with Gasteiger partial charge in [-0.25, -0.2) is 4.98 Å². The monoisotopic (exact) mass is 322 g/mol. The van der Waals surface area contributed by atoms with Gasteiger partial charge >= 0.3 is 0 Å². The van der Waals surface area contributed by atoms with E-state index < -0.39 is 0 Å². The summed E-state index contributed by atoms with van der Waals surface area (Å²) in [5.74, 6) is 0.470. The number of nitrogens with one attached hydrogen (secondary N) is 1. The second kappa shape index (κ2) is 6.09. The fraction of sp³-hybridized carbons (Fsp3) is 0.263. The van der Waals surface area contributed by atoms with E-state index >= 15 is 0 Å². The highest BCUT2D eigenvalue weighted by Gasteiger charge is 2.23. The van der Waals surface area contributed by atoms with E-state index in [1.165, 1.54) is 5.56 Å². The molecule has 3 aromatic rings. The summed E-state index contributed by atoms with van der Waals surface area (Å²) in [5.41, 5.74) is 4.22. The Hall–Kier alpha value is -2.66. The van der Waals surface area contributed by atoms with Crippen LogP contribution in [0.15, 0.2) is 46.9 Å². The molecule has 0 aliphatic carbocycles. The van der Waals surface area contributed by atoms with Crippen molar-refractivity contribution in [3.63, 3.8) is 0 Å². The van der Waals surface area contributed by atoms with Crippen molar-refractivity contribution < 1.29 is 13.9 Å². The molecule has 5 heteroatoms. The molecule has 1 atom stereocenters. The van der Waals surface area contributed by atoms with Crippen molar-refractivity contribution >= 4 is 22.7 Å². The predicted molar refractivity (Wildman–Crippen MR) is 91.8 cm³/mol. The fourth-order valence-corrected chi connectivity index (χ4v) is 2.83. The smallest absolute Gasteiger partial charge is 0.253 e. The maximum absolute atomic E-state index is 12.1. The lowest BCUT2D eigenvalue weighted by Gasteiger charge is -2.09. The average Bonchev–Trinajstić information content (AvgIpc) is 3.24. The number of benzene rings is 2. The summed E-state index contributed by atoms with van der Waals surface area (Å²) in [6.07, 6.45) is 1.35. The van der Waals surface area contributed by atoms with Crippen LogP contribution in [0.5, 0.6) is 0 Å². The fourth-order valence-electron chi connectivity index (χ4n) is 2.83. The lowest BCUT2D eigenvalue weighted by atomic mass is 10.1. The first-order valence-corrected chi connectivity index (χ1v) is 8.09. The molecule has 122 valence electrons. The van der Waals surface area contributed by atoms with E-state index in [1.807, 2.05) is 43.3 Å². The van der Waals surface area contributed by atoms with Gasteiger partial charge in [-0.1, -0.05) is 17.7 Å². The van der Waals surface area contributed by atoms with E-state index in [9.17, 15) is 4.79 Å². The summed E-state index contributed by atoms with van der Waals surface area (Å²) in [5, 5.41) is 2.88. The van der Waals surface area contributed by atoms with Crippen LogP contribution < -0.4 is 5.32 Å². The van der Waals surface area contributed by atoms with Crippen LogP contribution in [-0.4, -0.2) is 23.6 Å². The Morgan fingerprint density at radius 1 is 1.21 bits per heavy atom. The van der Waals surface area contributed by atoms with E-state index in [-0.39, 0.29) is 12.0 Å². The number of hydrogen-bond acceptors (Lipinski definition) is 4. The van der Waals surface area contributed by atoms with Gasteiger partial charge in [0.25, 0.3) is 5.91 Å². The van der Waals surface area contributed by atoms with E-state index in [1.54, 1.807) is 6.07 Å². The van der Waals surface area contributed by atoms with Gasteiger partial charge in [0.2, 0.25) is 5.89 Å². The summed E-state index contributed by atoms with van der Waals surface area (Å²) in [7, 11) is 0. The third kappa shape index (κ3) is 2.90. The van der Waals surface area contributed by atoms with Crippen molar-refractivity contribution in [2.45, 2.75) is 25.9 Å². The van der Waals surface area contributed by atoms with Crippen LogP contribution in [0.1, 0.15) is 18.4 Å². The molecule has 0 saturated carbocycles. The number of aromatic nitrogens is 1. The van der Waals surface area contributed by atoms with Gasteiger partial charge in [0.15, 0.2) is 5.58 Å². The van der Waals surface area contributed by atoms with Gasteiger partial charge in [-0.15, -0.1) is 0 Å². The second-order valence-corrected chi connectivity index (χ2v) is 6.06. The number of rotatable bonds is 3. The van der Waals surface area contributed by atoms with Crippen LogP contribution in [-0.2, 0) is 9.53 Å². The lowest BCUT2D eigenvalue weighted by Crippen LogP contribution is -2.26. The molecule has 0 spiro atoms. The average molecular weight is 322 g/mol. The van der Waals surface area contributed by atoms with Gasteiger partial charge in [-0.3, -0.25) is 4.79 Å². The molecule has 1 N–H and O–H groups in total. The number of oxazole rings is 1. The standard InChI is InChI=1S/C19H18N2O3/c1-12-4-6-13(7-5-12)19-21-15-9-8-14(11-17(15)24-19)20-18(22)16-3-2-10-23-16/h4-9,11,16H,2-3,10H2,1H3,(H,20,22)/t16-/m1/s1. The Kier molecular flexibility index (Phi) is 3.78. The molecule has 1 saturated heterocycles. The molecular weight excluding hydrogens is 304 g/mol. The van der Waals surface area contributed by atoms with Crippen molar-refractivity contribution in [1.82, 2.24) is 4.98 Å². The van der Waals surface area contributed by atoms with Crippen LogP contribution in [0.4, 0.5) is 5.69 Å². The van der Waals surface area contributed by atoms with Gasteiger partial charge in [0.1, 0.15) is 11.6 Å². The van der Waals surface area contributed by atoms with E-state index in [2.05, 4.69) is 10.3 Å². The number of fused-ring (bicyclic) bond motifs is 1. The molecule has 24 heavy (non-hydrogen) atoms. The Morgan fingerprint density at radius 3 is 2.79 bits per heavy atom. The number of anilines is 1. The van der Waals surface area contributed by atoms with Crippen LogP contribution in [0.3, 0.4) is 0 Å². The van der Waals surface area contributed by atoms with E-state index in [0.717, 1.165) is 23.9 Å². The van der Waals surface area contributed by atoms with Crippen LogP contribution in [0.25, 0.3) is 22.6 Å². The third-order valence-corrected chi connectivity index (χ3v) is 4.18. The van der Waals surface area contributed by atoms with Crippen molar-refractivity contribution in [3.8, 4) is 11.5 Å². The van der Waals surface area contributed by atoms with Crippen molar-refractivity contribution in [2.24, 2.45) is 0 Å². The van der Waals surface area contributed by atoms with Crippen LogP contribution in [0.2, 0.25) is 0 Å². The van der Waals surface area contributed by atoms with Crippen molar-refractivity contribution in [1.29, 1.82) is 0 Å². The largest absolute Gasteiger partial charge is 0.436 e. The zero-order chi connectivity index (χ0) is 16.5. The first-order valence-electron chi connectivity index (χ1n) is 8.09. The van der Waals surface area contributed by atoms with E-state index in [4.69, 9.17) is 9.15 Å². The first-order chi connectivity index (χ1) is 11.7. The Bertz CT molecular complexity index is 877. The van der Waals surface area contributed by atoms with Crippen molar-refractivity contribution in [3.05, 3.63) is 48.0 Å². The maximum Gasteiger partial charge on any atom is 0.253 e. The number of carbonyl (C=O) groups excluding carboxylic acids is 1. The molecule has 1 aliphatic heterocycles. The van der Waals surface area contributed by atoms with Gasteiger partial charge in [0.05, 0.1) is 0 Å². The Balaban J connectivity index is 1.58. The second-order valence-electron chi connectivity index (χ2n) is 6.06. The highest BCUT2D eigenvalue weighted by molar-refractivity contribution is 5.95. The predicted octanol–water partition coefficient (Wildman–Crippen LogP) is 3.92. The summed E-state index contributed by atoms with van der Waals surface area (Å²) in [4.78, 5) is 16.6. The number of aryl methyl sites for hydroxylation is 1. The zero-order valence-electron chi connectivity index (χ0n) is 13.4. The zero-order valence-corrected chi connectivity index (χ0v) is 13.4. The number of nitrogens with zero attached hydrogens (tertiary/aromatic N) is 1. The molecule has 0 radical (unpaired) electrons. The van der Waals surface area contributed by atoms with Gasteiger partial charge in [-0.05, 0) is 44.0 Å². The number of ether oxygens (including phenoxy) is 1. The number of carbonyl (C=O) groups is 1. The molecule has 4 rings (SSSR count). The normalized spacial score (nSPS) is 17.3. The topological polar surface area (TPSA) is 64.4 Å².